The molecule has 0 aromatic heterocycles. The van der Waals surface area contributed by atoms with Crippen LogP contribution in [0.15, 0.2) is 29.2 Å². The molecule has 1 aliphatic rings. The molecule has 1 fully saturated rings. The first kappa shape index (κ1) is 18.4. The van der Waals surface area contributed by atoms with Crippen LogP contribution < -0.4 is 0 Å². The number of carbonyl (C=O) groups is 2. The second kappa shape index (κ2) is 6.93. The molecule has 1 aromatic carbocycles. The van der Waals surface area contributed by atoms with Crippen molar-refractivity contribution in [2.75, 3.05) is 12.3 Å². The number of hydrogen-bond donors (Lipinski definition) is 1. The lowest BCUT2D eigenvalue weighted by atomic mass is 9.98. The van der Waals surface area contributed by atoms with E-state index in [0.29, 0.717) is 31.4 Å². The van der Waals surface area contributed by atoms with Crippen LogP contribution in [-0.2, 0) is 14.6 Å². The van der Waals surface area contributed by atoms with Crippen LogP contribution in [0, 0.1) is 0 Å². The molecule has 1 aliphatic heterocycles. The normalized spacial score (nSPS) is 21.0. The number of carboxylic acid groups (broad SMARTS) is 1. The van der Waals surface area contributed by atoms with Crippen LogP contribution in [0.4, 0.5) is 0 Å². The summed E-state index contributed by atoms with van der Waals surface area (Å²) in [6.07, 6.45) is 2.43. The maximum absolute atomic E-state index is 12.6. The van der Waals surface area contributed by atoms with Crippen molar-refractivity contribution in [3.63, 3.8) is 0 Å². The fraction of sp³-hybridized carbons (Fsp3) is 0.529. The molecule has 0 radical (unpaired) electrons. The summed E-state index contributed by atoms with van der Waals surface area (Å²) in [6, 6.07) is 5.77. The Bertz CT molecular complexity index is 726. The molecule has 1 amide bonds. The zero-order valence-corrected chi connectivity index (χ0v) is 14.8. The summed E-state index contributed by atoms with van der Waals surface area (Å²) in [4.78, 5) is 25.6. The Hall–Kier alpha value is -1.89. The number of nitrogens with zero attached hydrogens (tertiary/aromatic N) is 1. The summed E-state index contributed by atoms with van der Waals surface area (Å²) >= 11 is 0. The van der Waals surface area contributed by atoms with Crippen LogP contribution in [0.3, 0.4) is 0 Å². The summed E-state index contributed by atoms with van der Waals surface area (Å²) in [5, 5.41) is 9.40. The van der Waals surface area contributed by atoms with E-state index in [9.17, 15) is 23.1 Å². The van der Waals surface area contributed by atoms with Gasteiger partial charge < -0.3 is 10.0 Å². The van der Waals surface area contributed by atoms with E-state index in [2.05, 4.69) is 0 Å². The first-order valence-corrected chi connectivity index (χ1v) is 9.76. The Morgan fingerprint density at radius 3 is 2.42 bits per heavy atom. The first-order chi connectivity index (χ1) is 11.2. The van der Waals surface area contributed by atoms with Gasteiger partial charge in [0.15, 0.2) is 9.84 Å². The second-order valence-corrected chi connectivity index (χ2v) is 8.45. The molecule has 1 aromatic rings. The third kappa shape index (κ3) is 3.45. The van der Waals surface area contributed by atoms with Crippen molar-refractivity contribution in [3.05, 3.63) is 29.8 Å². The van der Waals surface area contributed by atoms with E-state index in [0.717, 1.165) is 6.42 Å². The van der Waals surface area contributed by atoms with Crippen LogP contribution in [0.1, 0.15) is 49.9 Å². The molecule has 0 spiro atoms. The quantitative estimate of drug-likeness (QED) is 0.847. The molecule has 2 rings (SSSR count). The van der Waals surface area contributed by atoms with Gasteiger partial charge in [0.05, 0.1) is 10.6 Å². The number of rotatable bonds is 6. The van der Waals surface area contributed by atoms with Gasteiger partial charge in [0.1, 0.15) is 5.54 Å². The number of hydrogen-bond acceptors (Lipinski definition) is 4. The Labute approximate surface area is 142 Å². The number of amides is 1. The lowest BCUT2D eigenvalue weighted by Crippen LogP contribution is -2.50. The van der Waals surface area contributed by atoms with Gasteiger partial charge in [-0.1, -0.05) is 13.3 Å². The average molecular weight is 353 g/mol. The molecule has 1 N–H and O–H groups in total. The first-order valence-electron chi connectivity index (χ1n) is 8.10. The van der Waals surface area contributed by atoms with Crippen LogP contribution in [0.25, 0.3) is 0 Å². The van der Waals surface area contributed by atoms with Gasteiger partial charge in [-0.3, -0.25) is 4.79 Å². The summed E-state index contributed by atoms with van der Waals surface area (Å²) in [5.74, 6) is -1.32. The van der Waals surface area contributed by atoms with Crippen molar-refractivity contribution >= 4 is 21.7 Å². The van der Waals surface area contributed by atoms with E-state index < -0.39 is 21.3 Å². The topological polar surface area (TPSA) is 91.8 Å². The molecular formula is C17H23NO5S. The molecule has 6 nitrogen and oxygen atoms in total. The summed E-state index contributed by atoms with van der Waals surface area (Å²) in [7, 11) is -3.34. The molecule has 24 heavy (non-hydrogen) atoms. The van der Waals surface area contributed by atoms with E-state index in [1.165, 1.54) is 29.2 Å². The van der Waals surface area contributed by atoms with Gasteiger partial charge in [0.25, 0.3) is 5.91 Å². The molecule has 7 heteroatoms. The smallest absolute Gasteiger partial charge is 0.329 e. The van der Waals surface area contributed by atoms with E-state index in [4.69, 9.17) is 0 Å². The fourth-order valence-electron chi connectivity index (χ4n) is 2.92. The lowest BCUT2D eigenvalue weighted by Gasteiger charge is -2.31. The summed E-state index contributed by atoms with van der Waals surface area (Å²) in [6.45, 7) is 3.86. The van der Waals surface area contributed by atoms with Crippen LogP contribution in [0.5, 0.6) is 0 Å². The highest BCUT2D eigenvalue weighted by molar-refractivity contribution is 7.91. The van der Waals surface area contributed by atoms with Gasteiger partial charge in [0.2, 0.25) is 0 Å². The molecule has 1 heterocycles. The molecular weight excluding hydrogens is 330 g/mol. The number of benzene rings is 1. The highest BCUT2D eigenvalue weighted by Gasteiger charge is 2.46. The number of likely N-dealkylation sites (tertiary alicyclic amines) is 1. The molecule has 132 valence electrons. The highest BCUT2D eigenvalue weighted by atomic mass is 32.2. The number of unbranched alkanes of at least 4 members (excludes halogenated alkanes) is 1. The number of carbonyl (C=O) groups excluding carboxylic acids is 1. The van der Waals surface area contributed by atoms with Crippen LogP contribution in [0.2, 0.25) is 0 Å². The Morgan fingerprint density at radius 1 is 1.25 bits per heavy atom. The molecule has 1 unspecified atom stereocenters. The molecule has 1 saturated heterocycles. The van der Waals surface area contributed by atoms with Gasteiger partial charge in [-0.15, -0.1) is 0 Å². The molecule has 0 aliphatic carbocycles. The van der Waals surface area contributed by atoms with Crippen molar-refractivity contribution < 1.29 is 23.1 Å². The van der Waals surface area contributed by atoms with Crippen molar-refractivity contribution in [2.45, 2.75) is 50.0 Å². The number of carboxylic acids is 1. The van der Waals surface area contributed by atoms with Crippen LogP contribution in [-0.4, -0.2) is 48.1 Å². The number of aliphatic carboxylic acids is 1. The predicted octanol–water partition coefficient (Wildman–Crippen LogP) is 2.34. The zero-order valence-electron chi connectivity index (χ0n) is 14.0. The standard InChI is InChI=1S/C17H23NO5S/c1-3-4-12-24(22,23)14-8-6-13(7-9-14)15(19)18-11-5-10-17(18,2)16(20)21/h6-9H,3-5,10-12H2,1-2H3,(H,20,21). The minimum absolute atomic E-state index is 0.0833. The van der Waals surface area contributed by atoms with Gasteiger partial charge in [-0.25, -0.2) is 13.2 Å². The Morgan fingerprint density at radius 2 is 1.88 bits per heavy atom. The third-order valence-corrected chi connectivity index (χ3v) is 6.39. The third-order valence-electron chi connectivity index (χ3n) is 4.57. The van der Waals surface area contributed by atoms with Crippen molar-refractivity contribution in [1.29, 1.82) is 0 Å². The Kier molecular flexibility index (Phi) is 5.32. The Balaban J connectivity index is 2.22. The van der Waals surface area contributed by atoms with Crippen molar-refractivity contribution in [2.24, 2.45) is 0 Å². The van der Waals surface area contributed by atoms with Gasteiger partial charge in [-0.05, 0) is 50.5 Å². The minimum atomic E-state index is -3.34. The largest absolute Gasteiger partial charge is 0.480 e. The molecule has 1 atom stereocenters. The van der Waals surface area contributed by atoms with Gasteiger partial charge >= 0.3 is 5.97 Å². The molecule has 0 saturated carbocycles. The van der Waals surface area contributed by atoms with E-state index in [1.54, 1.807) is 6.92 Å². The number of sulfone groups is 1. The van der Waals surface area contributed by atoms with Crippen molar-refractivity contribution in [3.8, 4) is 0 Å². The summed E-state index contributed by atoms with van der Waals surface area (Å²) in [5.41, 5.74) is -0.901. The van der Waals surface area contributed by atoms with E-state index in [-0.39, 0.29) is 16.6 Å². The summed E-state index contributed by atoms with van der Waals surface area (Å²) < 4.78 is 24.3. The predicted molar refractivity (Wildman–Crippen MR) is 89.7 cm³/mol. The monoisotopic (exact) mass is 353 g/mol. The van der Waals surface area contributed by atoms with Crippen LogP contribution >= 0.6 is 0 Å². The van der Waals surface area contributed by atoms with Crippen molar-refractivity contribution in [1.82, 2.24) is 4.90 Å². The molecule has 0 bridgehead atoms. The van der Waals surface area contributed by atoms with Gasteiger partial charge in [0, 0.05) is 12.1 Å². The minimum Gasteiger partial charge on any atom is -0.480 e. The maximum atomic E-state index is 12.6. The average Bonchev–Trinajstić information content (AvgIpc) is 2.96. The highest BCUT2D eigenvalue weighted by Crippen LogP contribution is 2.31. The maximum Gasteiger partial charge on any atom is 0.329 e. The van der Waals surface area contributed by atoms with E-state index >= 15 is 0 Å². The lowest BCUT2D eigenvalue weighted by molar-refractivity contribution is -0.147. The fourth-order valence-corrected chi connectivity index (χ4v) is 4.38. The van der Waals surface area contributed by atoms with E-state index in [1.807, 2.05) is 6.92 Å². The van der Waals surface area contributed by atoms with Gasteiger partial charge in [-0.2, -0.15) is 0 Å². The zero-order chi connectivity index (χ0) is 18.0. The second-order valence-electron chi connectivity index (χ2n) is 6.34. The SMILES string of the molecule is CCCCS(=O)(=O)c1ccc(C(=O)N2CCCC2(C)C(=O)O)cc1.